The summed E-state index contributed by atoms with van der Waals surface area (Å²) in [5.41, 5.74) is 1.62. The fraction of sp³-hybridized carbons (Fsp3) is 0.240. The number of carbonyl (C=O) groups excluding carboxylic acids is 1. The second-order valence-electron chi connectivity index (χ2n) is 7.26. The summed E-state index contributed by atoms with van der Waals surface area (Å²) in [4.78, 5) is 13.9. The van der Waals surface area contributed by atoms with E-state index in [-0.39, 0.29) is 17.3 Å². The predicted molar refractivity (Wildman–Crippen MR) is 133 cm³/mol. The highest BCUT2D eigenvalue weighted by molar-refractivity contribution is 7.99. The number of hydrogen-bond acceptors (Lipinski definition) is 5. The topological polar surface area (TPSA) is 75.7 Å². The average molecular weight is 485 g/mol. The van der Waals surface area contributed by atoms with Crippen LogP contribution in [0.25, 0.3) is 0 Å². The van der Waals surface area contributed by atoms with Crippen molar-refractivity contribution in [2.45, 2.75) is 23.6 Å². The van der Waals surface area contributed by atoms with E-state index in [2.05, 4.69) is 5.32 Å². The number of rotatable bonds is 11. The minimum absolute atomic E-state index is 0.0949. The first kappa shape index (κ1) is 24.7. The molecule has 8 heteroatoms. The maximum Gasteiger partial charge on any atom is 0.264 e. The SMILES string of the molecule is CCOc1ccc(S(=O)(=O)N(CC(=O)NCCSc2ccc(C)cc2)c2ccccc2)cc1. The summed E-state index contributed by atoms with van der Waals surface area (Å²) in [6.07, 6.45) is 0. The van der Waals surface area contributed by atoms with Crippen molar-refractivity contribution in [3.8, 4) is 5.75 Å². The molecule has 33 heavy (non-hydrogen) atoms. The molecule has 0 radical (unpaired) electrons. The van der Waals surface area contributed by atoms with Crippen molar-refractivity contribution in [1.29, 1.82) is 0 Å². The number of carbonyl (C=O) groups is 1. The zero-order valence-corrected chi connectivity index (χ0v) is 20.4. The molecular formula is C25H28N2O4S2. The van der Waals surface area contributed by atoms with Crippen molar-refractivity contribution in [3.05, 3.63) is 84.4 Å². The number of benzene rings is 3. The largest absolute Gasteiger partial charge is 0.494 e. The molecule has 0 unspecified atom stereocenters. The zero-order chi connectivity index (χ0) is 23.7. The quantitative estimate of drug-likeness (QED) is 0.320. The molecule has 1 N–H and O–H groups in total. The minimum Gasteiger partial charge on any atom is -0.494 e. The predicted octanol–water partition coefficient (Wildman–Crippen LogP) is 4.50. The number of sulfonamides is 1. The van der Waals surface area contributed by atoms with Crippen LogP contribution in [0.3, 0.4) is 0 Å². The van der Waals surface area contributed by atoms with Crippen molar-refractivity contribution in [2.75, 3.05) is 29.8 Å². The summed E-state index contributed by atoms with van der Waals surface area (Å²) in [6.45, 7) is 4.51. The van der Waals surface area contributed by atoms with Crippen LogP contribution in [0.5, 0.6) is 5.75 Å². The van der Waals surface area contributed by atoms with Gasteiger partial charge in [-0.2, -0.15) is 0 Å². The van der Waals surface area contributed by atoms with Gasteiger partial charge in [0.2, 0.25) is 5.91 Å². The monoisotopic (exact) mass is 484 g/mol. The second kappa shape index (κ2) is 11.8. The van der Waals surface area contributed by atoms with Gasteiger partial charge in [-0.05, 0) is 62.4 Å². The summed E-state index contributed by atoms with van der Waals surface area (Å²) in [5.74, 6) is 0.913. The lowest BCUT2D eigenvalue weighted by Gasteiger charge is -2.24. The molecule has 0 heterocycles. The van der Waals surface area contributed by atoms with Crippen molar-refractivity contribution in [1.82, 2.24) is 5.32 Å². The highest BCUT2D eigenvalue weighted by atomic mass is 32.2. The Morgan fingerprint density at radius 3 is 2.27 bits per heavy atom. The molecule has 0 bridgehead atoms. The van der Waals surface area contributed by atoms with Gasteiger partial charge in [0.05, 0.1) is 17.2 Å². The molecule has 1 amide bonds. The van der Waals surface area contributed by atoms with Crippen LogP contribution in [-0.2, 0) is 14.8 Å². The Hall–Kier alpha value is -2.97. The van der Waals surface area contributed by atoms with Gasteiger partial charge in [0, 0.05) is 17.2 Å². The molecule has 0 aromatic heterocycles. The fourth-order valence-electron chi connectivity index (χ4n) is 3.09. The number of ether oxygens (including phenoxy) is 1. The van der Waals surface area contributed by atoms with Crippen molar-refractivity contribution in [2.24, 2.45) is 0 Å². The van der Waals surface area contributed by atoms with Crippen LogP contribution in [0.2, 0.25) is 0 Å². The van der Waals surface area contributed by atoms with Crippen molar-refractivity contribution >= 4 is 33.4 Å². The lowest BCUT2D eigenvalue weighted by molar-refractivity contribution is -0.119. The van der Waals surface area contributed by atoms with Crippen molar-refractivity contribution in [3.63, 3.8) is 0 Å². The van der Waals surface area contributed by atoms with Gasteiger partial charge in [0.25, 0.3) is 10.0 Å². The number of thioether (sulfide) groups is 1. The van der Waals surface area contributed by atoms with E-state index >= 15 is 0 Å². The van der Waals surface area contributed by atoms with Gasteiger partial charge in [0.15, 0.2) is 0 Å². The number of nitrogens with one attached hydrogen (secondary N) is 1. The number of aryl methyl sites for hydroxylation is 1. The number of amides is 1. The molecule has 0 spiro atoms. The maximum absolute atomic E-state index is 13.4. The van der Waals surface area contributed by atoms with E-state index in [1.807, 2.05) is 38.1 Å². The van der Waals surface area contributed by atoms with E-state index in [4.69, 9.17) is 4.74 Å². The first-order chi connectivity index (χ1) is 15.9. The van der Waals surface area contributed by atoms with Crippen LogP contribution in [0.4, 0.5) is 5.69 Å². The highest BCUT2D eigenvalue weighted by Crippen LogP contribution is 2.25. The lowest BCUT2D eigenvalue weighted by atomic mass is 10.2. The number of para-hydroxylation sites is 1. The summed E-state index contributed by atoms with van der Waals surface area (Å²) >= 11 is 1.64. The Morgan fingerprint density at radius 1 is 0.970 bits per heavy atom. The van der Waals surface area contributed by atoms with E-state index in [9.17, 15) is 13.2 Å². The van der Waals surface area contributed by atoms with Gasteiger partial charge in [-0.3, -0.25) is 9.10 Å². The van der Waals surface area contributed by atoms with Crippen LogP contribution in [-0.4, -0.2) is 39.8 Å². The van der Waals surface area contributed by atoms with Crippen LogP contribution in [0.1, 0.15) is 12.5 Å². The molecule has 3 aromatic carbocycles. The van der Waals surface area contributed by atoms with E-state index in [0.717, 1.165) is 9.20 Å². The number of nitrogens with zero attached hydrogens (tertiary/aromatic N) is 1. The molecule has 3 rings (SSSR count). The first-order valence-corrected chi connectivity index (χ1v) is 13.1. The Kier molecular flexibility index (Phi) is 8.79. The van der Waals surface area contributed by atoms with Crippen LogP contribution >= 0.6 is 11.8 Å². The third kappa shape index (κ3) is 7.00. The van der Waals surface area contributed by atoms with Crippen LogP contribution in [0.15, 0.2) is 88.7 Å². The molecule has 0 saturated carbocycles. The summed E-state index contributed by atoms with van der Waals surface area (Å²) in [7, 11) is -3.95. The lowest BCUT2D eigenvalue weighted by Crippen LogP contribution is -2.41. The van der Waals surface area contributed by atoms with E-state index < -0.39 is 10.0 Å². The Morgan fingerprint density at radius 2 is 1.64 bits per heavy atom. The second-order valence-corrected chi connectivity index (χ2v) is 10.3. The molecule has 174 valence electrons. The Bertz CT molecular complexity index is 1130. The van der Waals surface area contributed by atoms with Gasteiger partial charge in [0.1, 0.15) is 12.3 Å². The first-order valence-electron chi connectivity index (χ1n) is 10.7. The molecule has 0 aliphatic heterocycles. The molecule has 6 nitrogen and oxygen atoms in total. The Balaban J connectivity index is 1.67. The van der Waals surface area contributed by atoms with Gasteiger partial charge >= 0.3 is 0 Å². The fourth-order valence-corrected chi connectivity index (χ4v) is 5.28. The third-order valence-corrected chi connectivity index (χ3v) is 7.57. The van der Waals surface area contributed by atoms with Gasteiger partial charge in [-0.15, -0.1) is 11.8 Å². The van der Waals surface area contributed by atoms with E-state index in [1.165, 1.54) is 17.7 Å². The van der Waals surface area contributed by atoms with Gasteiger partial charge in [-0.25, -0.2) is 8.42 Å². The highest BCUT2D eigenvalue weighted by Gasteiger charge is 2.27. The normalized spacial score (nSPS) is 11.1. The molecule has 3 aromatic rings. The molecule has 0 saturated heterocycles. The smallest absolute Gasteiger partial charge is 0.264 e. The molecule has 0 aliphatic rings. The van der Waals surface area contributed by atoms with Gasteiger partial charge < -0.3 is 10.1 Å². The molecule has 0 atom stereocenters. The van der Waals surface area contributed by atoms with Gasteiger partial charge in [-0.1, -0.05) is 35.9 Å². The molecule has 0 fully saturated rings. The maximum atomic E-state index is 13.4. The van der Waals surface area contributed by atoms with E-state index in [0.29, 0.717) is 30.3 Å². The summed E-state index contributed by atoms with van der Waals surface area (Å²) in [6, 6.07) is 23.0. The summed E-state index contributed by atoms with van der Waals surface area (Å²) in [5, 5.41) is 2.83. The average Bonchev–Trinajstić information content (AvgIpc) is 2.82. The standard InChI is InChI=1S/C25H28N2O4S2/c1-3-31-22-11-15-24(16-12-22)33(29,30)27(21-7-5-4-6-8-21)19-25(28)26-17-18-32-23-13-9-20(2)10-14-23/h4-16H,3,17-19H2,1-2H3,(H,26,28). The van der Waals surface area contributed by atoms with Crippen molar-refractivity contribution < 1.29 is 17.9 Å². The third-order valence-electron chi connectivity index (χ3n) is 4.77. The molecule has 0 aliphatic carbocycles. The molecular weight excluding hydrogens is 456 g/mol. The number of hydrogen-bond donors (Lipinski definition) is 1. The van der Waals surface area contributed by atoms with Crippen LogP contribution < -0.4 is 14.4 Å². The van der Waals surface area contributed by atoms with E-state index in [1.54, 1.807) is 54.2 Å². The Labute approximate surface area is 200 Å². The minimum atomic E-state index is -3.95. The summed E-state index contributed by atoms with van der Waals surface area (Å²) < 4.78 is 33.3. The zero-order valence-electron chi connectivity index (χ0n) is 18.7. The van der Waals surface area contributed by atoms with Crippen LogP contribution in [0, 0.1) is 6.92 Å². The number of anilines is 1.